The van der Waals surface area contributed by atoms with E-state index in [9.17, 15) is 23.2 Å². The van der Waals surface area contributed by atoms with Crippen molar-refractivity contribution in [3.05, 3.63) is 105 Å². The molecule has 10 nitrogen and oxygen atoms in total. The van der Waals surface area contributed by atoms with Gasteiger partial charge in [-0.15, -0.1) is 0 Å². The van der Waals surface area contributed by atoms with Crippen molar-refractivity contribution in [1.82, 2.24) is 20.3 Å². The average molecular weight is 798 g/mol. The molecule has 55 heavy (non-hydrogen) atoms. The van der Waals surface area contributed by atoms with E-state index in [-0.39, 0.29) is 53.9 Å². The first-order chi connectivity index (χ1) is 26.2. The van der Waals surface area contributed by atoms with Gasteiger partial charge < -0.3 is 29.1 Å². The highest BCUT2D eigenvalue weighted by atomic mass is 35.5. The van der Waals surface area contributed by atoms with Crippen LogP contribution < -0.4 is 10.1 Å². The van der Waals surface area contributed by atoms with Crippen molar-refractivity contribution < 1.29 is 37.2 Å². The quantitative estimate of drug-likeness (QED) is 0.143. The molecule has 4 aromatic rings. The Morgan fingerprint density at radius 2 is 1.73 bits per heavy atom. The number of ether oxygens (including phenoxy) is 2. The van der Waals surface area contributed by atoms with E-state index in [1.165, 1.54) is 6.07 Å². The van der Waals surface area contributed by atoms with Crippen molar-refractivity contribution in [3.63, 3.8) is 0 Å². The Morgan fingerprint density at radius 3 is 2.42 bits per heavy atom. The largest absolute Gasteiger partial charge is 0.486 e. The van der Waals surface area contributed by atoms with Gasteiger partial charge in [-0.3, -0.25) is 9.59 Å². The zero-order valence-electron chi connectivity index (χ0n) is 31.2. The molecule has 3 amide bonds. The fraction of sp³-hybridized carbons (Fsp3) is 0.415. The second kappa shape index (κ2) is 17.0. The van der Waals surface area contributed by atoms with Crippen molar-refractivity contribution >= 4 is 41.1 Å². The summed E-state index contributed by atoms with van der Waals surface area (Å²) >= 11 is 12.7. The molecule has 1 N–H and O–H groups in total. The molecule has 1 aromatic heterocycles. The number of nitrogens with one attached hydrogen (secondary N) is 1. The number of rotatable bonds is 12. The third kappa shape index (κ3) is 9.96. The van der Waals surface area contributed by atoms with Crippen molar-refractivity contribution in [2.45, 2.75) is 83.6 Å². The maximum absolute atomic E-state index is 14.7. The Labute approximate surface area is 329 Å². The van der Waals surface area contributed by atoms with E-state index in [2.05, 4.69) is 10.5 Å². The molecule has 1 saturated carbocycles. The van der Waals surface area contributed by atoms with Crippen LogP contribution in [0.25, 0.3) is 11.3 Å². The Hall–Kier alpha value is -4.68. The second-order valence-electron chi connectivity index (χ2n) is 15.0. The van der Waals surface area contributed by atoms with Crippen molar-refractivity contribution in [2.24, 2.45) is 5.92 Å². The van der Waals surface area contributed by atoms with Crippen LogP contribution in [0.1, 0.15) is 74.8 Å². The van der Waals surface area contributed by atoms with Crippen LogP contribution >= 0.6 is 23.2 Å². The van der Waals surface area contributed by atoms with Gasteiger partial charge in [-0.05, 0) is 99.4 Å². The van der Waals surface area contributed by atoms with Crippen molar-refractivity contribution in [1.29, 1.82) is 0 Å². The average Bonchev–Trinajstić information content (AvgIpc) is 3.90. The minimum Gasteiger partial charge on any atom is -0.486 e. The maximum atomic E-state index is 14.7. The molecule has 1 saturated heterocycles. The maximum Gasteiger partial charge on any atom is 0.410 e. The molecule has 6 rings (SSSR count). The Bertz CT molecular complexity index is 2030. The number of piperidine rings is 1. The molecule has 14 heteroatoms. The summed E-state index contributed by atoms with van der Waals surface area (Å²) in [6.07, 6.45) is 2.69. The van der Waals surface area contributed by atoms with Gasteiger partial charge in [0.1, 0.15) is 35.3 Å². The number of carbonyl (C=O) groups is 3. The molecular formula is C41H44Cl2F2N4O6. The van der Waals surface area contributed by atoms with Gasteiger partial charge in [-0.25, -0.2) is 13.6 Å². The van der Waals surface area contributed by atoms with Crippen LogP contribution in [0, 0.1) is 17.6 Å². The topological polar surface area (TPSA) is 114 Å². The second-order valence-corrected chi connectivity index (χ2v) is 15.8. The van der Waals surface area contributed by atoms with Gasteiger partial charge in [0.25, 0.3) is 0 Å². The number of aromatic nitrogens is 1. The van der Waals surface area contributed by atoms with Gasteiger partial charge >= 0.3 is 6.09 Å². The van der Waals surface area contributed by atoms with Crippen molar-refractivity contribution in [3.8, 4) is 17.0 Å². The molecular weight excluding hydrogens is 753 g/mol. The van der Waals surface area contributed by atoms with E-state index in [1.807, 2.05) is 56.0 Å². The van der Waals surface area contributed by atoms with Crippen LogP contribution in [0.4, 0.5) is 13.6 Å². The SMILES string of the molecule is CNC(=O)CCc1ccc(Cl)c(CN(C(=O)C2CN(C(=O)OC(C)(C)C)CCC2c2ccc(OCc3cc(-c4c(F)ccc(F)c4Cl)no3)cc2)C2CC2)c1. The lowest BCUT2D eigenvalue weighted by Gasteiger charge is -2.40. The lowest BCUT2D eigenvalue weighted by Crippen LogP contribution is -2.51. The fourth-order valence-corrected chi connectivity index (χ4v) is 7.20. The molecule has 0 bridgehead atoms. The lowest BCUT2D eigenvalue weighted by molar-refractivity contribution is -0.139. The number of aryl methyl sites for hydroxylation is 1. The number of carbonyl (C=O) groups excluding carboxylic acids is 3. The van der Waals surface area contributed by atoms with Gasteiger partial charge in [0.2, 0.25) is 11.8 Å². The highest BCUT2D eigenvalue weighted by Gasteiger charge is 2.43. The molecule has 2 fully saturated rings. The highest BCUT2D eigenvalue weighted by molar-refractivity contribution is 6.33. The number of amides is 3. The number of benzene rings is 3. The molecule has 1 aliphatic heterocycles. The van der Waals surface area contributed by atoms with Crippen LogP contribution in [0.15, 0.2) is 65.2 Å². The Kier molecular flexibility index (Phi) is 12.4. The van der Waals surface area contributed by atoms with Crippen LogP contribution in [-0.2, 0) is 33.9 Å². The summed E-state index contributed by atoms with van der Waals surface area (Å²) in [7, 11) is 1.61. The van der Waals surface area contributed by atoms with Gasteiger partial charge in [0.05, 0.1) is 16.5 Å². The summed E-state index contributed by atoms with van der Waals surface area (Å²) in [6, 6.07) is 16.5. The summed E-state index contributed by atoms with van der Waals surface area (Å²) in [5.74, 6) is -1.62. The van der Waals surface area contributed by atoms with Gasteiger partial charge in [-0.2, -0.15) is 0 Å². The zero-order valence-corrected chi connectivity index (χ0v) is 32.7. The fourth-order valence-electron chi connectivity index (χ4n) is 6.78. The number of hydrogen-bond donors (Lipinski definition) is 1. The predicted molar refractivity (Wildman–Crippen MR) is 204 cm³/mol. The molecule has 2 atom stereocenters. The first-order valence-corrected chi connectivity index (χ1v) is 19.0. The van der Waals surface area contributed by atoms with Gasteiger partial charge in [0.15, 0.2) is 5.76 Å². The molecule has 2 unspecified atom stereocenters. The number of likely N-dealkylation sites (tertiary alicyclic amines) is 1. The summed E-state index contributed by atoms with van der Waals surface area (Å²) in [5, 5.41) is 6.64. The minimum absolute atomic E-state index is 0.0395. The first kappa shape index (κ1) is 40.0. The molecule has 0 radical (unpaired) electrons. The minimum atomic E-state index is -0.774. The Morgan fingerprint density at radius 1 is 1.00 bits per heavy atom. The van der Waals surface area contributed by atoms with E-state index in [4.69, 9.17) is 37.2 Å². The van der Waals surface area contributed by atoms with Crippen LogP contribution in [0.3, 0.4) is 0 Å². The molecule has 3 aromatic carbocycles. The summed E-state index contributed by atoms with van der Waals surface area (Å²) in [5.41, 5.74) is 1.82. The summed E-state index contributed by atoms with van der Waals surface area (Å²) < 4.78 is 45.3. The zero-order chi connectivity index (χ0) is 39.4. The number of hydrogen-bond acceptors (Lipinski definition) is 7. The standard InChI is InChI=1S/C41H44Cl2F2N4O6/c1-41(2,3)54-40(52)48-18-17-30(25-7-11-28(12-8-25)53-23-29-20-35(47-55-29)37-33(44)14-15-34(45)38(37)43)31(22-48)39(51)49(27-9-10-27)21-26-19-24(5-13-32(26)42)6-16-36(50)46-4/h5,7-8,11-15,19-20,27,30-31H,6,9-10,16-18,21-23H2,1-4H3,(H,46,50). The monoisotopic (exact) mass is 796 g/mol. The molecule has 1 aliphatic carbocycles. The van der Waals surface area contributed by atoms with E-state index in [1.54, 1.807) is 24.1 Å². The van der Waals surface area contributed by atoms with E-state index < -0.39 is 34.3 Å². The molecule has 0 spiro atoms. The van der Waals surface area contributed by atoms with Crippen LogP contribution in [0.5, 0.6) is 5.75 Å². The summed E-state index contributed by atoms with van der Waals surface area (Å²) in [6.45, 7) is 6.30. The predicted octanol–water partition coefficient (Wildman–Crippen LogP) is 8.72. The molecule has 2 heterocycles. The third-order valence-corrected chi connectivity index (χ3v) is 10.5. The van der Waals surface area contributed by atoms with Crippen LogP contribution in [0.2, 0.25) is 10.0 Å². The van der Waals surface area contributed by atoms with Crippen molar-refractivity contribution in [2.75, 3.05) is 20.1 Å². The third-order valence-electron chi connectivity index (χ3n) is 9.77. The van der Waals surface area contributed by atoms with Crippen LogP contribution in [-0.4, -0.2) is 64.6 Å². The normalized spacial score (nSPS) is 17.1. The highest BCUT2D eigenvalue weighted by Crippen LogP contribution is 2.39. The molecule has 292 valence electrons. The summed E-state index contributed by atoms with van der Waals surface area (Å²) in [4.78, 5) is 43.4. The number of halogens is 4. The number of nitrogens with zero attached hydrogens (tertiary/aromatic N) is 3. The van der Waals surface area contributed by atoms with Gasteiger partial charge in [0, 0.05) is 50.2 Å². The van der Waals surface area contributed by atoms with Gasteiger partial charge in [-0.1, -0.05) is 52.6 Å². The smallest absolute Gasteiger partial charge is 0.410 e. The first-order valence-electron chi connectivity index (χ1n) is 18.3. The van der Waals surface area contributed by atoms with E-state index in [0.29, 0.717) is 43.1 Å². The Balaban J connectivity index is 1.20. The lowest BCUT2D eigenvalue weighted by atomic mass is 9.79. The van der Waals surface area contributed by atoms with E-state index >= 15 is 0 Å². The molecule has 2 aliphatic rings. The van der Waals surface area contributed by atoms with E-state index in [0.717, 1.165) is 41.7 Å².